The van der Waals surface area contributed by atoms with Crippen LogP contribution in [0.4, 0.5) is 8.78 Å². The average Bonchev–Trinajstić information content (AvgIpc) is 3.19. The lowest BCUT2D eigenvalue weighted by atomic mass is 9.81. The number of pyridine rings is 1. The molecule has 1 saturated carbocycles. The molecule has 1 saturated heterocycles. The predicted octanol–water partition coefficient (Wildman–Crippen LogP) is 3.63. The van der Waals surface area contributed by atoms with E-state index in [9.17, 15) is 13.6 Å². The van der Waals surface area contributed by atoms with Gasteiger partial charge in [-0.2, -0.15) is 0 Å². The number of hydrogen-bond acceptors (Lipinski definition) is 3. The first kappa shape index (κ1) is 17.7. The summed E-state index contributed by atoms with van der Waals surface area (Å²) in [7, 11) is 0. The van der Waals surface area contributed by atoms with Gasteiger partial charge in [-0.05, 0) is 29.2 Å². The average molecular weight is 383 g/mol. The highest BCUT2D eigenvalue weighted by molar-refractivity contribution is 5.94. The lowest BCUT2D eigenvalue weighted by Gasteiger charge is -2.37. The molecule has 2 heterocycles. The van der Waals surface area contributed by atoms with E-state index in [1.165, 1.54) is 11.1 Å². The Morgan fingerprint density at radius 2 is 1.82 bits per heavy atom. The van der Waals surface area contributed by atoms with Gasteiger partial charge in [0.15, 0.2) is 0 Å². The first-order valence-electron chi connectivity index (χ1n) is 9.90. The Kier molecular flexibility index (Phi) is 4.19. The van der Waals surface area contributed by atoms with Crippen LogP contribution in [0.25, 0.3) is 0 Å². The van der Waals surface area contributed by atoms with Crippen LogP contribution >= 0.6 is 0 Å². The van der Waals surface area contributed by atoms with Gasteiger partial charge in [0, 0.05) is 62.3 Å². The van der Waals surface area contributed by atoms with Crippen molar-refractivity contribution < 1.29 is 13.6 Å². The largest absolute Gasteiger partial charge is 0.345 e. The van der Waals surface area contributed by atoms with Crippen LogP contribution < -0.4 is 5.32 Å². The Hall–Kier alpha value is -2.34. The number of hydrogen-bond donors (Lipinski definition) is 1. The van der Waals surface area contributed by atoms with Gasteiger partial charge in [-0.3, -0.25) is 9.78 Å². The smallest absolute Gasteiger partial charge is 0.251 e. The van der Waals surface area contributed by atoms with Gasteiger partial charge in [0.1, 0.15) is 0 Å². The summed E-state index contributed by atoms with van der Waals surface area (Å²) >= 11 is 0. The first-order chi connectivity index (χ1) is 13.5. The molecule has 0 spiro atoms. The molecule has 2 aromatic rings. The minimum atomic E-state index is -2.46. The Morgan fingerprint density at radius 1 is 1.11 bits per heavy atom. The molecule has 146 valence electrons. The molecule has 5 rings (SSSR count). The second-order valence-corrected chi connectivity index (χ2v) is 8.44. The van der Waals surface area contributed by atoms with Gasteiger partial charge in [0.2, 0.25) is 5.92 Å². The van der Waals surface area contributed by atoms with Gasteiger partial charge in [0.25, 0.3) is 5.91 Å². The molecule has 1 amide bonds. The van der Waals surface area contributed by atoms with Crippen molar-refractivity contribution in [2.24, 2.45) is 11.8 Å². The number of fused-ring (bicyclic) bond motifs is 3. The minimum absolute atomic E-state index is 0.0115. The van der Waals surface area contributed by atoms with Crippen molar-refractivity contribution in [3.8, 4) is 0 Å². The number of carbonyl (C=O) groups is 1. The Bertz CT molecular complexity index is 880. The molecule has 0 bridgehead atoms. The summed E-state index contributed by atoms with van der Waals surface area (Å²) in [5, 5.41) is 3.22. The topological polar surface area (TPSA) is 45.2 Å². The second kappa shape index (κ2) is 6.62. The third kappa shape index (κ3) is 3.09. The summed E-state index contributed by atoms with van der Waals surface area (Å²) in [6.45, 7) is 2.45. The quantitative estimate of drug-likeness (QED) is 0.877. The highest BCUT2D eigenvalue weighted by atomic mass is 19.3. The van der Waals surface area contributed by atoms with Gasteiger partial charge in [-0.1, -0.05) is 24.3 Å². The molecule has 2 fully saturated rings. The van der Waals surface area contributed by atoms with E-state index >= 15 is 0 Å². The number of nitrogens with one attached hydrogen (secondary N) is 1. The van der Waals surface area contributed by atoms with E-state index in [2.05, 4.69) is 27.3 Å². The van der Waals surface area contributed by atoms with Crippen molar-refractivity contribution >= 4 is 5.91 Å². The van der Waals surface area contributed by atoms with E-state index in [1.807, 2.05) is 12.1 Å². The zero-order chi connectivity index (χ0) is 19.3. The molecule has 0 radical (unpaired) electrons. The van der Waals surface area contributed by atoms with Crippen LogP contribution in [-0.2, 0) is 0 Å². The Balaban J connectivity index is 1.33. The molecule has 28 heavy (non-hydrogen) atoms. The second-order valence-electron chi connectivity index (χ2n) is 8.44. The number of halogens is 2. The maximum Gasteiger partial charge on any atom is 0.251 e. The summed E-state index contributed by atoms with van der Waals surface area (Å²) in [6.07, 6.45) is 3.26. The van der Waals surface area contributed by atoms with Crippen LogP contribution in [0.2, 0.25) is 0 Å². The Morgan fingerprint density at radius 3 is 2.54 bits per heavy atom. The van der Waals surface area contributed by atoms with Crippen LogP contribution in [-0.4, -0.2) is 41.3 Å². The SMILES string of the molecule is O=C(N[C@@H]1c2ccccc2[C@@H]2CN(CC3CC(F)(F)C3)C[C@H]12)c1ccncc1. The third-order valence-electron chi connectivity index (χ3n) is 6.52. The van der Waals surface area contributed by atoms with Gasteiger partial charge in [0.05, 0.1) is 6.04 Å². The number of carbonyl (C=O) groups excluding carboxylic acids is 1. The van der Waals surface area contributed by atoms with Crippen LogP contribution in [0.1, 0.15) is 46.3 Å². The summed E-state index contributed by atoms with van der Waals surface area (Å²) < 4.78 is 26.4. The molecule has 1 aromatic carbocycles. The molecule has 2 aliphatic carbocycles. The van der Waals surface area contributed by atoms with Crippen molar-refractivity contribution in [2.45, 2.75) is 30.7 Å². The van der Waals surface area contributed by atoms with Crippen molar-refractivity contribution in [3.05, 3.63) is 65.5 Å². The predicted molar refractivity (Wildman–Crippen MR) is 101 cm³/mol. The van der Waals surface area contributed by atoms with Gasteiger partial charge in [-0.25, -0.2) is 8.78 Å². The lowest BCUT2D eigenvalue weighted by molar-refractivity contribution is -0.115. The fourth-order valence-electron chi connectivity index (χ4n) is 5.28. The van der Waals surface area contributed by atoms with E-state index in [-0.39, 0.29) is 36.6 Å². The highest BCUT2D eigenvalue weighted by Gasteiger charge is 2.50. The fourth-order valence-corrected chi connectivity index (χ4v) is 5.28. The monoisotopic (exact) mass is 383 g/mol. The standard InChI is InChI=1S/C22H23F2N3O/c23-22(24)9-14(10-22)11-27-12-18-16-3-1-2-4-17(16)20(19(18)13-27)26-21(28)15-5-7-25-8-6-15/h1-8,14,18-20H,9-13H2,(H,26,28)/t18-,19-,20+/m0/s1. The molecule has 3 aliphatic rings. The zero-order valence-electron chi connectivity index (χ0n) is 15.5. The lowest BCUT2D eigenvalue weighted by Crippen LogP contribution is -2.42. The van der Waals surface area contributed by atoms with Crippen molar-refractivity contribution in [3.63, 3.8) is 0 Å². The molecule has 1 N–H and O–H groups in total. The van der Waals surface area contributed by atoms with Crippen molar-refractivity contribution in [2.75, 3.05) is 19.6 Å². The number of benzene rings is 1. The number of aromatic nitrogens is 1. The molecule has 1 aliphatic heterocycles. The molecule has 1 aromatic heterocycles. The Labute approximate surface area is 163 Å². The summed E-state index contributed by atoms with van der Waals surface area (Å²) in [6, 6.07) is 11.7. The van der Waals surface area contributed by atoms with Crippen molar-refractivity contribution in [1.82, 2.24) is 15.2 Å². The maximum atomic E-state index is 13.2. The fraction of sp³-hybridized carbons (Fsp3) is 0.455. The summed E-state index contributed by atoms with van der Waals surface area (Å²) in [5.74, 6) is -1.84. The van der Waals surface area contributed by atoms with Crippen LogP contribution in [0.3, 0.4) is 0 Å². The normalized spacial score (nSPS) is 28.4. The van der Waals surface area contributed by atoms with Crippen LogP contribution in [0, 0.1) is 11.8 Å². The van der Waals surface area contributed by atoms with Crippen LogP contribution in [0.5, 0.6) is 0 Å². The molecule has 6 heteroatoms. The first-order valence-corrected chi connectivity index (χ1v) is 9.90. The zero-order valence-corrected chi connectivity index (χ0v) is 15.5. The third-order valence-corrected chi connectivity index (χ3v) is 6.52. The molecule has 0 unspecified atom stereocenters. The van der Waals surface area contributed by atoms with E-state index in [4.69, 9.17) is 0 Å². The van der Waals surface area contributed by atoms with E-state index in [0.29, 0.717) is 11.5 Å². The minimum Gasteiger partial charge on any atom is -0.345 e. The van der Waals surface area contributed by atoms with Gasteiger partial charge in [-0.15, -0.1) is 0 Å². The molecule has 3 atom stereocenters. The van der Waals surface area contributed by atoms with E-state index < -0.39 is 5.92 Å². The number of alkyl halides is 2. The van der Waals surface area contributed by atoms with Crippen LogP contribution in [0.15, 0.2) is 48.8 Å². The molecule has 4 nitrogen and oxygen atoms in total. The number of nitrogens with zero attached hydrogens (tertiary/aromatic N) is 2. The molecular weight excluding hydrogens is 360 g/mol. The van der Waals surface area contributed by atoms with E-state index in [0.717, 1.165) is 19.6 Å². The summed E-state index contributed by atoms with van der Waals surface area (Å²) in [4.78, 5) is 19.0. The number of rotatable bonds is 4. The molecular formula is C22H23F2N3O. The van der Waals surface area contributed by atoms with Crippen molar-refractivity contribution in [1.29, 1.82) is 0 Å². The van der Waals surface area contributed by atoms with Gasteiger partial charge < -0.3 is 10.2 Å². The number of likely N-dealkylation sites (tertiary alicyclic amines) is 1. The highest BCUT2D eigenvalue weighted by Crippen LogP contribution is 2.50. The van der Waals surface area contributed by atoms with Gasteiger partial charge >= 0.3 is 0 Å². The van der Waals surface area contributed by atoms with E-state index in [1.54, 1.807) is 24.5 Å². The maximum absolute atomic E-state index is 13.2. The number of amides is 1. The summed E-state index contributed by atoms with van der Waals surface area (Å²) in [5.41, 5.74) is 3.08.